The molecule has 1 fully saturated rings. The fourth-order valence-corrected chi connectivity index (χ4v) is 2.70. The van der Waals surface area contributed by atoms with Gasteiger partial charge in [-0.3, -0.25) is 4.90 Å². The minimum absolute atomic E-state index is 0.346. The topological polar surface area (TPSA) is 33.7 Å². The number of nitrogens with zero attached hydrogens (tertiary/aromatic N) is 1. The van der Waals surface area contributed by atoms with Gasteiger partial charge in [0, 0.05) is 32.3 Å². The Bertz CT molecular complexity index is 404. The van der Waals surface area contributed by atoms with E-state index < -0.39 is 0 Å². The first-order valence-electron chi connectivity index (χ1n) is 8.01. The molecule has 0 aliphatic carbocycles. The van der Waals surface area contributed by atoms with Crippen molar-refractivity contribution < 1.29 is 9.47 Å². The molecular formula is C17H28N2O2. The SMILES string of the molecule is CCCNC(CN1CCCOCC1)c1cccc(OC)c1. The minimum Gasteiger partial charge on any atom is -0.497 e. The molecule has 4 heteroatoms. The molecule has 0 aromatic heterocycles. The Hall–Kier alpha value is -1.10. The highest BCUT2D eigenvalue weighted by Crippen LogP contribution is 2.20. The van der Waals surface area contributed by atoms with Gasteiger partial charge >= 0.3 is 0 Å². The summed E-state index contributed by atoms with van der Waals surface area (Å²) in [7, 11) is 1.72. The van der Waals surface area contributed by atoms with E-state index in [1.807, 2.05) is 6.07 Å². The molecular weight excluding hydrogens is 264 g/mol. The van der Waals surface area contributed by atoms with Crippen molar-refractivity contribution in [2.24, 2.45) is 0 Å². The van der Waals surface area contributed by atoms with Crippen LogP contribution < -0.4 is 10.1 Å². The molecule has 1 heterocycles. The standard InChI is InChI=1S/C17H28N2O2/c1-3-8-18-17(14-19-9-5-11-21-12-10-19)15-6-4-7-16(13-15)20-2/h4,6-7,13,17-18H,3,5,8-12,14H2,1-2H3. The molecule has 118 valence electrons. The smallest absolute Gasteiger partial charge is 0.119 e. The molecule has 0 saturated carbocycles. The lowest BCUT2D eigenvalue weighted by Gasteiger charge is -2.27. The average Bonchev–Trinajstić information content (AvgIpc) is 2.80. The monoisotopic (exact) mass is 292 g/mol. The highest BCUT2D eigenvalue weighted by Gasteiger charge is 2.17. The normalized spacial score (nSPS) is 18.2. The van der Waals surface area contributed by atoms with Crippen molar-refractivity contribution in [2.75, 3.05) is 46.5 Å². The van der Waals surface area contributed by atoms with E-state index in [-0.39, 0.29) is 0 Å². The van der Waals surface area contributed by atoms with Gasteiger partial charge in [-0.1, -0.05) is 19.1 Å². The second kappa shape index (κ2) is 9.03. The fraction of sp³-hybridized carbons (Fsp3) is 0.647. The van der Waals surface area contributed by atoms with E-state index in [0.29, 0.717) is 6.04 Å². The van der Waals surface area contributed by atoms with Gasteiger partial charge in [0.15, 0.2) is 0 Å². The summed E-state index contributed by atoms with van der Waals surface area (Å²) < 4.78 is 10.9. The largest absolute Gasteiger partial charge is 0.497 e. The summed E-state index contributed by atoms with van der Waals surface area (Å²) in [6, 6.07) is 8.74. The third kappa shape index (κ3) is 5.30. The number of hydrogen-bond donors (Lipinski definition) is 1. The summed E-state index contributed by atoms with van der Waals surface area (Å²) in [4.78, 5) is 2.50. The first kappa shape index (κ1) is 16.3. The Morgan fingerprint density at radius 3 is 3.05 bits per heavy atom. The highest BCUT2D eigenvalue weighted by molar-refractivity contribution is 5.30. The maximum atomic E-state index is 5.55. The van der Waals surface area contributed by atoms with Crippen LogP contribution >= 0.6 is 0 Å². The number of hydrogen-bond acceptors (Lipinski definition) is 4. The Morgan fingerprint density at radius 2 is 2.24 bits per heavy atom. The van der Waals surface area contributed by atoms with Gasteiger partial charge in [-0.2, -0.15) is 0 Å². The van der Waals surface area contributed by atoms with Gasteiger partial charge in [-0.05, 0) is 37.1 Å². The Balaban J connectivity index is 2.04. The van der Waals surface area contributed by atoms with Gasteiger partial charge in [0.25, 0.3) is 0 Å². The molecule has 1 N–H and O–H groups in total. The van der Waals surface area contributed by atoms with Gasteiger partial charge in [-0.25, -0.2) is 0 Å². The molecule has 21 heavy (non-hydrogen) atoms. The van der Waals surface area contributed by atoms with Crippen molar-refractivity contribution in [3.63, 3.8) is 0 Å². The van der Waals surface area contributed by atoms with Crippen molar-refractivity contribution in [2.45, 2.75) is 25.8 Å². The average molecular weight is 292 g/mol. The quantitative estimate of drug-likeness (QED) is 0.837. The van der Waals surface area contributed by atoms with Crippen LogP contribution in [-0.2, 0) is 4.74 Å². The lowest BCUT2D eigenvalue weighted by Crippen LogP contribution is -2.37. The van der Waals surface area contributed by atoms with Crippen LogP contribution in [-0.4, -0.2) is 51.4 Å². The molecule has 4 nitrogen and oxygen atoms in total. The predicted molar refractivity (Wildman–Crippen MR) is 85.9 cm³/mol. The maximum Gasteiger partial charge on any atom is 0.119 e. The first-order valence-corrected chi connectivity index (χ1v) is 8.01. The zero-order valence-corrected chi connectivity index (χ0v) is 13.3. The van der Waals surface area contributed by atoms with Crippen molar-refractivity contribution in [3.05, 3.63) is 29.8 Å². The Kier molecular flexibility index (Phi) is 7.00. The number of nitrogens with one attached hydrogen (secondary N) is 1. The number of rotatable bonds is 7. The van der Waals surface area contributed by atoms with Crippen LogP contribution in [0.5, 0.6) is 5.75 Å². The zero-order valence-electron chi connectivity index (χ0n) is 13.3. The molecule has 0 bridgehead atoms. The van der Waals surface area contributed by atoms with Gasteiger partial charge in [0.1, 0.15) is 5.75 Å². The molecule has 1 aliphatic rings. The molecule has 1 atom stereocenters. The van der Waals surface area contributed by atoms with Gasteiger partial charge in [0.05, 0.1) is 13.7 Å². The number of methoxy groups -OCH3 is 1. The summed E-state index contributed by atoms with van der Waals surface area (Å²) in [5.41, 5.74) is 1.30. The van der Waals surface area contributed by atoms with Gasteiger partial charge < -0.3 is 14.8 Å². The molecule has 1 unspecified atom stereocenters. The van der Waals surface area contributed by atoms with E-state index in [0.717, 1.165) is 58.0 Å². The predicted octanol–water partition coefficient (Wildman–Crippen LogP) is 2.46. The lowest BCUT2D eigenvalue weighted by molar-refractivity contribution is 0.139. The van der Waals surface area contributed by atoms with Crippen molar-refractivity contribution in [1.82, 2.24) is 10.2 Å². The lowest BCUT2D eigenvalue weighted by atomic mass is 10.1. The highest BCUT2D eigenvalue weighted by atomic mass is 16.5. The summed E-state index contributed by atoms with van der Waals surface area (Å²) in [5.74, 6) is 0.926. The molecule has 1 aromatic rings. The van der Waals surface area contributed by atoms with Gasteiger partial charge in [0.2, 0.25) is 0 Å². The van der Waals surface area contributed by atoms with Crippen LogP contribution in [0.25, 0.3) is 0 Å². The second-order valence-corrected chi connectivity index (χ2v) is 5.55. The molecule has 1 aromatic carbocycles. The summed E-state index contributed by atoms with van der Waals surface area (Å²) in [5, 5.41) is 3.67. The first-order chi connectivity index (χ1) is 10.3. The van der Waals surface area contributed by atoms with Crippen LogP contribution in [0, 0.1) is 0 Å². The van der Waals surface area contributed by atoms with Crippen molar-refractivity contribution in [1.29, 1.82) is 0 Å². The van der Waals surface area contributed by atoms with E-state index >= 15 is 0 Å². The molecule has 0 radical (unpaired) electrons. The molecule has 0 amide bonds. The Labute approximate surface area is 128 Å². The van der Waals surface area contributed by atoms with Crippen molar-refractivity contribution >= 4 is 0 Å². The minimum atomic E-state index is 0.346. The van der Waals surface area contributed by atoms with E-state index in [1.165, 1.54) is 5.56 Å². The van der Waals surface area contributed by atoms with Crippen LogP contribution in [0.4, 0.5) is 0 Å². The third-order valence-corrected chi connectivity index (χ3v) is 3.89. The van der Waals surface area contributed by atoms with Crippen LogP contribution in [0.1, 0.15) is 31.4 Å². The summed E-state index contributed by atoms with van der Waals surface area (Å²) in [6.45, 7) is 8.14. The van der Waals surface area contributed by atoms with Crippen LogP contribution in [0.2, 0.25) is 0 Å². The van der Waals surface area contributed by atoms with E-state index in [1.54, 1.807) is 7.11 Å². The third-order valence-electron chi connectivity index (χ3n) is 3.89. The molecule has 1 saturated heterocycles. The molecule has 2 rings (SSSR count). The van der Waals surface area contributed by atoms with E-state index in [4.69, 9.17) is 9.47 Å². The summed E-state index contributed by atoms with van der Waals surface area (Å²) >= 11 is 0. The van der Waals surface area contributed by atoms with Gasteiger partial charge in [-0.15, -0.1) is 0 Å². The van der Waals surface area contributed by atoms with Crippen LogP contribution in [0.15, 0.2) is 24.3 Å². The molecule has 1 aliphatic heterocycles. The summed E-state index contributed by atoms with van der Waals surface area (Å²) in [6.07, 6.45) is 2.27. The maximum absolute atomic E-state index is 5.55. The number of benzene rings is 1. The second-order valence-electron chi connectivity index (χ2n) is 5.55. The van der Waals surface area contributed by atoms with E-state index in [2.05, 4.69) is 35.3 Å². The van der Waals surface area contributed by atoms with Crippen molar-refractivity contribution in [3.8, 4) is 5.75 Å². The van der Waals surface area contributed by atoms with E-state index in [9.17, 15) is 0 Å². The number of ether oxygens (including phenoxy) is 2. The fourth-order valence-electron chi connectivity index (χ4n) is 2.70. The van der Waals surface area contributed by atoms with Crippen LogP contribution in [0.3, 0.4) is 0 Å². The zero-order chi connectivity index (χ0) is 14.9. The Morgan fingerprint density at radius 1 is 1.33 bits per heavy atom. The molecule has 0 spiro atoms.